The van der Waals surface area contributed by atoms with E-state index < -0.39 is 17.5 Å². The zero-order chi connectivity index (χ0) is 9.80. The van der Waals surface area contributed by atoms with Gasteiger partial charge in [-0.25, -0.2) is 0 Å². The molecule has 0 aliphatic heterocycles. The number of hydrogen-bond acceptors (Lipinski definition) is 3. The van der Waals surface area contributed by atoms with Crippen molar-refractivity contribution in [2.45, 2.75) is 5.92 Å². The van der Waals surface area contributed by atoms with Crippen LogP contribution in [0.2, 0.25) is 0 Å². The van der Waals surface area contributed by atoms with Gasteiger partial charge >= 0.3 is 5.92 Å². The van der Waals surface area contributed by atoms with E-state index in [1.807, 2.05) is 0 Å². The van der Waals surface area contributed by atoms with E-state index in [9.17, 15) is 18.4 Å². The van der Waals surface area contributed by atoms with Crippen LogP contribution in [-0.4, -0.2) is 17.5 Å². The standard InChI is InChI=1S/C7HBrF2O2S/c8-3-1-2-4(13-3)6(12)7(9,10)5(2)11/h1H. The van der Waals surface area contributed by atoms with Gasteiger partial charge < -0.3 is 0 Å². The van der Waals surface area contributed by atoms with Gasteiger partial charge in [-0.05, 0) is 22.0 Å². The first kappa shape index (κ1) is 8.96. The fraction of sp³-hybridized carbons (Fsp3) is 0.143. The Balaban J connectivity index is 2.68. The number of halogens is 3. The van der Waals surface area contributed by atoms with Crippen molar-refractivity contribution in [2.24, 2.45) is 0 Å². The Hall–Kier alpha value is -0.620. The molecular formula is C7HBrF2O2S. The van der Waals surface area contributed by atoms with Gasteiger partial charge in [0.05, 0.1) is 8.66 Å². The van der Waals surface area contributed by atoms with Crippen molar-refractivity contribution in [3.8, 4) is 0 Å². The molecule has 13 heavy (non-hydrogen) atoms. The lowest BCUT2D eigenvalue weighted by molar-refractivity contribution is 0.0190. The van der Waals surface area contributed by atoms with Gasteiger partial charge in [0.2, 0.25) is 5.78 Å². The van der Waals surface area contributed by atoms with Crippen molar-refractivity contribution in [3.63, 3.8) is 0 Å². The highest BCUT2D eigenvalue weighted by atomic mass is 79.9. The number of fused-ring (bicyclic) bond motifs is 1. The first-order valence-corrected chi connectivity index (χ1v) is 4.82. The van der Waals surface area contributed by atoms with E-state index in [2.05, 4.69) is 15.9 Å². The van der Waals surface area contributed by atoms with E-state index in [-0.39, 0.29) is 10.4 Å². The van der Waals surface area contributed by atoms with Crippen LogP contribution in [0.1, 0.15) is 20.0 Å². The molecule has 68 valence electrons. The van der Waals surface area contributed by atoms with Gasteiger partial charge in [0.25, 0.3) is 5.78 Å². The minimum absolute atomic E-state index is 0.151. The number of Topliss-reactive ketones (excluding diaryl/α,β-unsaturated/α-hetero) is 2. The molecule has 0 atom stereocenters. The molecule has 1 aliphatic carbocycles. The molecule has 1 aromatic heterocycles. The Labute approximate surface area is 83.7 Å². The molecule has 0 amide bonds. The molecule has 2 nitrogen and oxygen atoms in total. The van der Waals surface area contributed by atoms with Crippen molar-refractivity contribution in [1.29, 1.82) is 0 Å². The molecule has 6 heteroatoms. The van der Waals surface area contributed by atoms with Crippen LogP contribution in [0.15, 0.2) is 9.85 Å². The summed E-state index contributed by atoms with van der Waals surface area (Å²) in [6, 6.07) is 1.25. The predicted molar refractivity (Wildman–Crippen MR) is 45.6 cm³/mol. The van der Waals surface area contributed by atoms with Crippen molar-refractivity contribution in [1.82, 2.24) is 0 Å². The van der Waals surface area contributed by atoms with E-state index in [1.165, 1.54) is 6.07 Å². The first-order valence-electron chi connectivity index (χ1n) is 3.21. The molecule has 0 saturated heterocycles. The van der Waals surface area contributed by atoms with Crippen LogP contribution in [0.3, 0.4) is 0 Å². The number of carbonyl (C=O) groups is 2. The molecular weight excluding hydrogens is 266 g/mol. The third-order valence-corrected chi connectivity index (χ3v) is 3.36. The second-order valence-corrected chi connectivity index (χ2v) is 4.96. The summed E-state index contributed by atoms with van der Waals surface area (Å²) in [6.45, 7) is 0. The lowest BCUT2D eigenvalue weighted by atomic mass is 10.2. The molecule has 1 aliphatic rings. The van der Waals surface area contributed by atoms with Gasteiger partial charge in [-0.15, -0.1) is 11.3 Å². The molecule has 0 saturated carbocycles. The van der Waals surface area contributed by atoms with Crippen LogP contribution in [0, 0.1) is 0 Å². The molecule has 0 N–H and O–H groups in total. The summed E-state index contributed by atoms with van der Waals surface area (Å²) in [7, 11) is 0. The molecule has 0 unspecified atom stereocenters. The molecule has 1 aromatic rings. The molecule has 0 spiro atoms. The van der Waals surface area contributed by atoms with Crippen LogP contribution in [0.4, 0.5) is 8.78 Å². The summed E-state index contributed by atoms with van der Waals surface area (Å²) in [5.74, 6) is -6.63. The highest BCUT2D eigenvalue weighted by molar-refractivity contribution is 9.11. The van der Waals surface area contributed by atoms with Crippen LogP contribution in [0.5, 0.6) is 0 Å². The van der Waals surface area contributed by atoms with Gasteiger partial charge in [0, 0.05) is 5.56 Å². The fourth-order valence-electron chi connectivity index (χ4n) is 1.11. The zero-order valence-corrected chi connectivity index (χ0v) is 8.34. The van der Waals surface area contributed by atoms with Gasteiger partial charge in [-0.3, -0.25) is 9.59 Å². The molecule has 0 radical (unpaired) electrons. The van der Waals surface area contributed by atoms with Crippen LogP contribution >= 0.6 is 27.3 Å². The third-order valence-electron chi connectivity index (χ3n) is 1.72. The fourth-order valence-corrected chi connectivity index (χ4v) is 2.68. The maximum atomic E-state index is 12.8. The Kier molecular flexibility index (Phi) is 1.69. The maximum absolute atomic E-state index is 12.8. The van der Waals surface area contributed by atoms with Crippen molar-refractivity contribution in [3.05, 3.63) is 20.3 Å². The van der Waals surface area contributed by atoms with Crippen LogP contribution in [0.25, 0.3) is 0 Å². The quantitative estimate of drug-likeness (QED) is 0.677. The molecule has 1 heterocycles. The van der Waals surface area contributed by atoms with Crippen molar-refractivity contribution in [2.75, 3.05) is 0 Å². The molecule has 0 aromatic carbocycles. The van der Waals surface area contributed by atoms with Crippen molar-refractivity contribution < 1.29 is 18.4 Å². The lowest BCUT2D eigenvalue weighted by Gasteiger charge is -2.02. The van der Waals surface area contributed by atoms with E-state index in [0.29, 0.717) is 3.79 Å². The molecule has 2 rings (SSSR count). The Morgan fingerprint density at radius 1 is 1.31 bits per heavy atom. The van der Waals surface area contributed by atoms with Crippen molar-refractivity contribution >= 4 is 38.8 Å². The number of thiophene rings is 1. The Morgan fingerprint density at radius 3 is 2.46 bits per heavy atom. The summed E-state index contributed by atoms with van der Waals surface area (Å²) in [4.78, 5) is 21.8. The van der Waals surface area contributed by atoms with E-state index in [4.69, 9.17) is 0 Å². The van der Waals surface area contributed by atoms with Crippen LogP contribution < -0.4 is 0 Å². The summed E-state index contributed by atoms with van der Waals surface area (Å²) in [5.41, 5.74) is -0.174. The van der Waals surface area contributed by atoms with E-state index in [0.717, 1.165) is 11.3 Å². The Bertz CT molecular complexity index is 389. The van der Waals surface area contributed by atoms with E-state index in [1.54, 1.807) is 0 Å². The highest BCUT2D eigenvalue weighted by Gasteiger charge is 2.56. The highest BCUT2D eigenvalue weighted by Crippen LogP contribution is 2.40. The van der Waals surface area contributed by atoms with Gasteiger partial charge in [0.1, 0.15) is 0 Å². The number of rotatable bonds is 0. The van der Waals surface area contributed by atoms with Crippen LogP contribution in [-0.2, 0) is 0 Å². The number of carbonyl (C=O) groups excluding carboxylic acids is 2. The van der Waals surface area contributed by atoms with E-state index >= 15 is 0 Å². The largest absolute Gasteiger partial charge is 0.372 e. The normalized spacial score (nSPS) is 19.3. The summed E-state index contributed by atoms with van der Waals surface area (Å²) >= 11 is 3.88. The topological polar surface area (TPSA) is 34.1 Å². The average Bonchev–Trinajstić information content (AvgIpc) is 2.48. The Morgan fingerprint density at radius 2 is 1.92 bits per heavy atom. The second-order valence-electron chi connectivity index (χ2n) is 2.53. The summed E-state index contributed by atoms with van der Waals surface area (Å²) in [6.07, 6.45) is 0. The second kappa shape index (κ2) is 2.45. The van der Waals surface area contributed by atoms with Gasteiger partial charge in [0.15, 0.2) is 0 Å². The minimum Gasteiger partial charge on any atom is -0.287 e. The number of ketones is 2. The smallest absolute Gasteiger partial charge is 0.287 e. The summed E-state index contributed by atoms with van der Waals surface area (Å²) in [5, 5.41) is 0. The SMILES string of the molecule is O=C1c2cc(Br)sc2C(=O)C1(F)F. The average molecular weight is 267 g/mol. The lowest BCUT2D eigenvalue weighted by Crippen LogP contribution is -2.30. The maximum Gasteiger partial charge on any atom is 0.372 e. The third kappa shape index (κ3) is 1.02. The first-order chi connectivity index (χ1) is 5.94. The molecule has 0 bridgehead atoms. The van der Waals surface area contributed by atoms with Gasteiger partial charge in [-0.2, -0.15) is 8.78 Å². The van der Waals surface area contributed by atoms with Gasteiger partial charge in [-0.1, -0.05) is 0 Å². The number of hydrogen-bond donors (Lipinski definition) is 0. The molecule has 0 fully saturated rings. The predicted octanol–water partition coefficient (Wildman–Crippen LogP) is 2.52. The number of alkyl halides is 2. The zero-order valence-electron chi connectivity index (χ0n) is 5.94. The summed E-state index contributed by atoms with van der Waals surface area (Å²) < 4.78 is 26.1. The monoisotopic (exact) mass is 266 g/mol. The minimum atomic E-state index is -3.85.